The van der Waals surface area contributed by atoms with Crippen LogP contribution in [0.15, 0.2) is 12.1 Å². The molecule has 0 bridgehead atoms. The van der Waals surface area contributed by atoms with E-state index in [1.165, 1.54) is 13.2 Å². The summed E-state index contributed by atoms with van der Waals surface area (Å²) in [5.74, 6) is -0.374. The molecule has 0 fully saturated rings. The second-order valence-corrected chi connectivity index (χ2v) is 3.92. The fourth-order valence-electron chi connectivity index (χ4n) is 1.58. The molecule has 0 radical (unpaired) electrons. The van der Waals surface area contributed by atoms with Gasteiger partial charge in [-0.3, -0.25) is 4.79 Å². The second kappa shape index (κ2) is 6.54. The van der Waals surface area contributed by atoms with E-state index in [-0.39, 0.29) is 18.1 Å². The van der Waals surface area contributed by atoms with Crippen molar-refractivity contribution in [3.63, 3.8) is 0 Å². The van der Waals surface area contributed by atoms with E-state index in [1.54, 1.807) is 13.0 Å². The fraction of sp³-hybridized carbons (Fsp3) is 0.417. The number of methoxy groups -OCH3 is 1. The van der Waals surface area contributed by atoms with Gasteiger partial charge in [0.25, 0.3) is 0 Å². The molecule has 0 atom stereocenters. The molecule has 3 nitrogen and oxygen atoms in total. The maximum atomic E-state index is 12.3. The Morgan fingerprint density at radius 2 is 2.11 bits per heavy atom. The zero-order valence-corrected chi connectivity index (χ0v) is 10.8. The van der Waals surface area contributed by atoms with Crippen molar-refractivity contribution in [2.45, 2.75) is 25.8 Å². The number of hydrogen-bond acceptors (Lipinski definition) is 3. The number of benzene rings is 1. The van der Waals surface area contributed by atoms with Gasteiger partial charge in [-0.15, -0.1) is 11.6 Å². The molecule has 18 heavy (non-hydrogen) atoms. The van der Waals surface area contributed by atoms with Gasteiger partial charge in [-0.2, -0.15) is 8.78 Å². The van der Waals surface area contributed by atoms with Gasteiger partial charge >= 0.3 is 12.6 Å². The van der Waals surface area contributed by atoms with Gasteiger partial charge in [0.15, 0.2) is 0 Å². The lowest BCUT2D eigenvalue weighted by Crippen LogP contribution is -2.11. The monoisotopic (exact) mass is 278 g/mol. The third-order valence-electron chi connectivity index (χ3n) is 2.41. The Morgan fingerprint density at radius 1 is 1.44 bits per heavy atom. The lowest BCUT2D eigenvalue weighted by molar-refractivity contribution is -0.139. The summed E-state index contributed by atoms with van der Waals surface area (Å²) >= 11 is 5.66. The zero-order chi connectivity index (χ0) is 13.7. The minimum atomic E-state index is -2.95. The van der Waals surface area contributed by atoms with Crippen molar-refractivity contribution in [1.82, 2.24) is 0 Å². The number of rotatable bonds is 5. The van der Waals surface area contributed by atoms with E-state index in [2.05, 4.69) is 9.47 Å². The number of aryl methyl sites for hydroxylation is 1. The van der Waals surface area contributed by atoms with Gasteiger partial charge in [-0.1, -0.05) is 6.07 Å². The van der Waals surface area contributed by atoms with E-state index in [0.29, 0.717) is 16.7 Å². The van der Waals surface area contributed by atoms with Crippen molar-refractivity contribution in [3.8, 4) is 5.75 Å². The van der Waals surface area contributed by atoms with Gasteiger partial charge < -0.3 is 9.47 Å². The molecule has 1 aromatic carbocycles. The highest BCUT2D eigenvalue weighted by molar-refractivity contribution is 6.17. The van der Waals surface area contributed by atoms with Gasteiger partial charge in [-0.05, 0) is 24.1 Å². The quantitative estimate of drug-likeness (QED) is 0.613. The largest absolute Gasteiger partial charge is 0.469 e. The molecule has 0 spiro atoms. The number of carbonyl (C=O) groups is 1. The SMILES string of the molecule is COC(=O)Cc1c(C)cc(CCl)cc1OC(F)F. The van der Waals surface area contributed by atoms with E-state index in [1.807, 2.05) is 0 Å². The summed E-state index contributed by atoms with van der Waals surface area (Å²) in [6.07, 6.45) is -0.118. The molecule has 0 aliphatic carbocycles. The van der Waals surface area contributed by atoms with Crippen LogP contribution in [0.3, 0.4) is 0 Å². The van der Waals surface area contributed by atoms with Crippen LogP contribution in [0.4, 0.5) is 8.78 Å². The Kier molecular flexibility index (Phi) is 5.34. The average Bonchev–Trinajstić information content (AvgIpc) is 2.32. The topological polar surface area (TPSA) is 35.5 Å². The van der Waals surface area contributed by atoms with Crippen molar-refractivity contribution >= 4 is 17.6 Å². The second-order valence-electron chi connectivity index (χ2n) is 3.65. The maximum absolute atomic E-state index is 12.3. The number of carbonyl (C=O) groups excluding carboxylic acids is 1. The summed E-state index contributed by atoms with van der Waals surface area (Å²) in [5, 5.41) is 0. The molecule has 6 heteroatoms. The van der Waals surface area contributed by atoms with Gasteiger partial charge in [0.2, 0.25) is 0 Å². The zero-order valence-electron chi connectivity index (χ0n) is 10.0. The van der Waals surface area contributed by atoms with Crippen LogP contribution in [-0.2, 0) is 21.8 Å². The Bertz CT molecular complexity index is 436. The van der Waals surface area contributed by atoms with E-state index < -0.39 is 12.6 Å². The van der Waals surface area contributed by atoms with Crippen LogP contribution in [0, 0.1) is 6.92 Å². The first kappa shape index (κ1) is 14.7. The number of alkyl halides is 3. The molecule has 0 saturated heterocycles. The molecule has 0 heterocycles. The molecule has 0 amide bonds. The molecule has 0 N–H and O–H groups in total. The van der Waals surface area contributed by atoms with Crippen LogP contribution in [0.5, 0.6) is 5.75 Å². The van der Waals surface area contributed by atoms with Crippen LogP contribution < -0.4 is 4.74 Å². The van der Waals surface area contributed by atoms with Gasteiger partial charge in [0.1, 0.15) is 5.75 Å². The summed E-state index contributed by atoms with van der Waals surface area (Å²) in [5.41, 5.74) is 1.70. The summed E-state index contributed by atoms with van der Waals surface area (Å²) in [7, 11) is 1.23. The summed E-state index contributed by atoms with van der Waals surface area (Å²) in [6.45, 7) is -1.25. The summed E-state index contributed by atoms with van der Waals surface area (Å²) in [4.78, 5) is 11.2. The van der Waals surface area contributed by atoms with Crippen LogP contribution in [0.1, 0.15) is 16.7 Å². The van der Waals surface area contributed by atoms with Crippen molar-refractivity contribution in [2.24, 2.45) is 0 Å². The standard InChI is InChI=1S/C12H13ClF2O3/c1-7-3-8(6-13)4-10(18-12(14)15)9(7)5-11(16)17-2/h3-4,12H,5-6H2,1-2H3. The number of halogens is 3. The van der Waals surface area contributed by atoms with Crippen LogP contribution in [0.25, 0.3) is 0 Å². The van der Waals surface area contributed by atoms with E-state index >= 15 is 0 Å². The molecule has 0 aromatic heterocycles. The molecule has 0 aliphatic rings. The van der Waals surface area contributed by atoms with Crippen molar-refractivity contribution < 1.29 is 23.0 Å². The lowest BCUT2D eigenvalue weighted by Gasteiger charge is -2.14. The minimum Gasteiger partial charge on any atom is -0.469 e. The maximum Gasteiger partial charge on any atom is 0.387 e. The highest BCUT2D eigenvalue weighted by Gasteiger charge is 2.16. The predicted octanol–water partition coefficient (Wildman–Crippen LogP) is 3.05. The molecular weight excluding hydrogens is 266 g/mol. The molecule has 1 aromatic rings. The highest BCUT2D eigenvalue weighted by Crippen LogP contribution is 2.27. The fourth-order valence-corrected chi connectivity index (χ4v) is 1.73. The first-order valence-electron chi connectivity index (χ1n) is 5.18. The van der Waals surface area contributed by atoms with Crippen LogP contribution in [0.2, 0.25) is 0 Å². The van der Waals surface area contributed by atoms with Crippen LogP contribution in [-0.4, -0.2) is 19.7 Å². The Labute approximate surface area is 109 Å². The number of ether oxygens (including phenoxy) is 2. The third kappa shape index (κ3) is 3.84. The average molecular weight is 279 g/mol. The number of esters is 1. The van der Waals surface area contributed by atoms with Crippen molar-refractivity contribution in [3.05, 3.63) is 28.8 Å². The van der Waals surface area contributed by atoms with Crippen LogP contribution >= 0.6 is 11.6 Å². The first-order valence-corrected chi connectivity index (χ1v) is 5.71. The van der Waals surface area contributed by atoms with Gasteiger partial charge in [0.05, 0.1) is 13.5 Å². The Balaban J connectivity index is 3.15. The Morgan fingerprint density at radius 3 is 2.61 bits per heavy atom. The highest BCUT2D eigenvalue weighted by atomic mass is 35.5. The molecule has 0 aliphatic heterocycles. The number of hydrogen-bond donors (Lipinski definition) is 0. The minimum absolute atomic E-state index is 0.0361. The van der Waals surface area contributed by atoms with E-state index in [9.17, 15) is 13.6 Å². The van der Waals surface area contributed by atoms with Gasteiger partial charge in [-0.25, -0.2) is 0 Å². The summed E-state index contributed by atoms with van der Waals surface area (Å²) < 4.78 is 33.6. The molecule has 1 rings (SSSR count). The molecular formula is C12H13ClF2O3. The Hall–Kier alpha value is -1.36. The summed E-state index contributed by atoms with van der Waals surface area (Å²) in [6, 6.07) is 3.13. The third-order valence-corrected chi connectivity index (χ3v) is 2.72. The normalized spacial score (nSPS) is 10.6. The predicted molar refractivity (Wildman–Crippen MR) is 63.1 cm³/mol. The van der Waals surface area contributed by atoms with Crippen molar-refractivity contribution in [2.75, 3.05) is 7.11 Å². The molecule has 0 unspecified atom stereocenters. The lowest BCUT2D eigenvalue weighted by atomic mass is 10.0. The molecule has 0 saturated carbocycles. The van der Waals surface area contributed by atoms with Gasteiger partial charge in [0, 0.05) is 11.4 Å². The first-order chi connectivity index (χ1) is 8.47. The van der Waals surface area contributed by atoms with E-state index in [0.717, 1.165) is 0 Å². The molecule has 100 valence electrons. The van der Waals surface area contributed by atoms with E-state index in [4.69, 9.17) is 11.6 Å². The van der Waals surface area contributed by atoms with Crippen molar-refractivity contribution in [1.29, 1.82) is 0 Å². The smallest absolute Gasteiger partial charge is 0.387 e.